The minimum Gasteiger partial charge on any atom is -0.370 e. The number of tetrazole rings is 1. The minimum absolute atomic E-state index is 0.0203. The van der Waals surface area contributed by atoms with Crippen molar-refractivity contribution in [2.75, 3.05) is 6.61 Å². The van der Waals surface area contributed by atoms with E-state index in [9.17, 15) is 4.79 Å². The predicted octanol–water partition coefficient (Wildman–Crippen LogP) is 5.88. The van der Waals surface area contributed by atoms with E-state index in [1.165, 1.54) is 0 Å². The molecule has 1 N–H and O–H groups in total. The molecule has 236 valence electrons. The number of unbranched alkanes of at least 4 members (excludes halogenated alkanes) is 1. The van der Waals surface area contributed by atoms with Crippen molar-refractivity contribution in [2.24, 2.45) is 5.92 Å². The number of aryl methyl sites for hydroxylation is 1. The zero-order chi connectivity index (χ0) is 31.4. The van der Waals surface area contributed by atoms with Crippen LogP contribution in [0, 0.1) is 5.92 Å². The van der Waals surface area contributed by atoms with Gasteiger partial charge in [-0.05, 0) is 72.7 Å². The summed E-state index contributed by atoms with van der Waals surface area (Å²) in [6, 6.07) is 22.8. The van der Waals surface area contributed by atoms with E-state index in [1.807, 2.05) is 34.9 Å². The first-order valence-corrected chi connectivity index (χ1v) is 16.4. The molecular formula is C36H39N7O3. The van der Waals surface area contributed by atoms with Crippen LogP contribution in [0.2, 0.25) is 0 Å². The van der Waals surface area contributed by atoms with Crippen LogP contribution >= 0.6 is 0 Å². The molecule has 8 rings (SSSR count). The highest BCUT2D eigenvalue weighted by atomic mass is 16.7. The Morgan fingerprint density at radius 2 is 1.87 bits per heavy atom. The lowest BCUT2D eigenvalue weighted by molar-refractivity contribution is -0.215. The number of hydrogen-bond acceptors (Lipinski definition) is 8. The van der Waals surface area contributed by atoms with Gasteiger partial charge in [0.25, 0.3) is 5.56 Å². The number of hydrogen-bond donors (Lipinski definition) is 1. The average Bonchev–Trinajstić information content (AvgIpc) is 3.87. The van der Waals surface area contributed by atoms with E-state index in [2.05, 4.69) is 82.9 Å². The molecule has 2 aromatic heterocycles. The van der Waals surface area contributed by atoms with Gasteiger partial charge in [-0.3, -0.25) is 14.2 Å². The van der Waals surface area contributed by atoms with Gasteiger partial charge in [-0.2, -0.15) is 10.3 Å². The SMILES string of the molecule is CCCCc1nc2ccc([C@H]3OC[C@H]4[C@@H]3ON3[C@@H]4CCC3(C)C)cc2c(=O)n1Cc1ccc(-c2ccccc2-c2nn[nH]n2)cc1. The van der Waals surface area contributed by atoms with Crippen LogP contribution in [0.5, 0.6) is 0 Å². The Hall–Kier alpha value is -4.25. The highest BCUT2D eigenvalue weighted by Gasteiger charge is 2.58. The van der Waals surface area contributed by atoms with Crippen molar-refractivity contribution in [3.63, 3.8) is 0 Å². The van der Waals surface area contributed by atoms with Gasteiger partial charge in [0.2, 0.25) is 5.82 Å². The van der Waals surface area contributed by atoms with Gasteiger partial charge in [-0.1, -0.05) is 67.9 Å². The lowest BCUT2D eigenvalue weighted by Gasteiger charge is -2.31. The van der Waals surface area contributed by atoms with Crippen LogP contribution in [0.4, 0.5) is 0 Å². The molecule has 5 aromatic rings. The summed E-state index contributed by atoms with van der Waals surface area (Å²) in [6.45, 7) is 7.79. The lowest BCUT2D eigenvalue weighted by Crippen LogP contribution is -2.40. The zero-order valence-electron chi connectivity index (χ0n) is 26.5. The monoisotopic (exact) mass is 617 g/mol. The Bertz CT molecular complexity index is 1940. The molecule has 0 bridgehead atoms. The van der Waals surface area contributed by atoms with Gasteiger partial charge in [0.05, 0.1) is 24.1 Å². The molecule has 0 saturated carbocycles. The van der Waals surface area contributed by atoms with Gasteiger partial charge in [0.15, 0.2) is 0 Å². The third-order valence-electron chi connectivity index (χ3n) is 10.1. The van der Waals surface area contributed by atoms with Crippen LogP contribution < -0.4 is 5.56 Å². The Morgan fingerprint density at radius 1 is 1.04 bits per heavy atom. The number of H-pyrrole nitrogens is 1. The third-order valence-corrected chi connectivity index (χ3v) is 10.1. The van der Waals surface area contributed by atoms with Crippen molar-refractivity contribution in [3.8, 4) is 22.5 Å². The van der Waals surface area contributed by atoms with E-state index in [1.54, 1.807) is 0 Å². The van der Waals surface area contributed by atoms with E-state index >= 15 is 0 Å². The minimum atomic E-state index is -0.203. The molecule has 3 aromatic carbocycles. The Kier molecular flexibility index (Phi) is 7.31. The first-order valence-electron chi connectivity index (χ1n) is 16.4. The molecule has 10 heteroatoms. The number of hydroxylamine groups is 2. The van der Waals surface area contributed by atoms with Crippen LogP contribution in [-0.4, -0.2) is 59.5 Å². The quantitative estimate of drug-likeness (QED) is 0.230. The van der Waals surface area contributed by atoms with Gasteiger partial charge in [-0.15, -0.1) is 10.2 Å². The molecule has 46 heavy (non-hydrogen) atoms. The molecule has 10 nitrogen and oxygen atoms in total. The standard InChI is InChI=1S/C36H39N7O3/c1-4-5-10-31-37-29-16-15-24(32-33-28(21-45-32)30-17-18-36(2,3)43(30)46-33)19-27(29)35(44)42(31)20-22-11-13-23(14-12-22)25-8-6-7-9-26(25)34-38-40-41-39-34/h6-9,11-16,19,28,30,32-33H,4-5,10,17-18,20-21H2,1-3H3,(H,38,39,40,41)/t28-,30-,32-,33+/m1/s1. The van der Waals surface area contributed by atoms with E-state index in [0.29, 0.717) is 36.3 Å². The summed E-state index contributed by atoms with van der Waals surface area (Å²) in [5, 5.41) is 17.4. The van der Waals surface area contributed by atoms with Crippen LogP contribution in [0.15, 0.2) is 71.5 Å². The summed E-state index contributed by atoms with van der Waals surface area (Å²) in [5.74, 6) is 1.71. The summed E-state index contributed by atoms with van der Waals surface area (Å²) in [5.41, 5.74) is 5.71. The normalized spacial score (nSPS) is 23.6. The summed E-state index contributed by atoms with van der Waals surface area (Å²) in [6.07, 6.45) is 4.75. The van der Waals surface area contributed by atoms with Crippen LogP contribution in [0.25, 0.3) is 33.4 Å². The Morgan fingerprint density at radius 3 is 2.65 bits per heavy atom. The molecule has 3 fully saturated rings. The maximum atomic E-state index is 14.2. The number of ether oxygens (including phenoxy) is 1. The first kappa shape index (κ1) is 29.2. The zero-order valence-corrected chi connectivity index (χ0v) is 26.5. The number of nitrogens with one attached hydrogen (secondary N) is 1. The number of aromatic nitrogens is 6. The number of nitrogens with zero attached hydrogens (tertiary/aromatic N) is 6. The third kappa shape index (κ3) is 4.96. The van der Waals surface area contributed by atoms with Crippen molar-refractivity contribution in [3.05, 3.63) is 94.0 Å². The molecule has 3 saturated heterocycles. The van der Waals surface area contributed by atoms with Crippen molar-refractivity contribution >= 4 is 10.9 Å². The van der Waals surface area contributed by atoms with Crippen LogP contribution in [0.1, 0.15) is 69.5 Å². The number of aromatic amines is 1. The van der Waals surface area contributed by atoms with Gasteiger partial charge >= 0.3 is 0 Å². The van der Waals surface area contributed by atoms with Crippen molar-refractivity contribution in [1.29, 1.82) is 0 Å². The van der Waals surface area contributed by atoms with Gasteiger partial charge in [0, 0.05) is 29.5 Å². The van der Waals surface area contributed by atoms with Crippen molar-refractivity contribution in [2.45, 2.75) is 83.2 Å². The lowest BCUT2D eigenvalue weighted by atomic mass is 9.91. The average molecular weight is 618 g/mol. The molecule has 4 atom stereocenters. The first-order chi connectivity index (χ1) is 22.4. The van der Waals surface area contributed by atoms with E-state index in [-0.39, 0.29) is 23.3 Å². The molecular weight excluding hydrogens is 578 g/mol. The summed E-state index contributed by atoms with van der Waals surface area (Å²) in [4.78, 5) is 25.8. The van der Waals surface area contributed by atoms with E-state index in [0.717, 1.165) is 71.3 Å². The van der Waals surface area contributed by atoms with Gasteiger partial charge < -0.3 is 4.74 Å². The van der Waals surface area contributed by atoms with Gasteiger partial charge in [0.1, 0.15) is 18.0 Å². The molecule has 0 aliphatic carbocycles. The van der Waals surface area contributed by atoms with Crippen LogP contribution in [0.3, 0.4) is 0 Å². The summed E-state index contributed by atoms with van der Waals surface area (Å²) < 4.78 is 8.21. The molecule has 0 spiro atoms. The molecule has 0 unspecified atom stereocenters. The number of rotatable bonds is 8. The largest absolute Gasteiger partial charge is 0.370 e. The second-order valence-electron chi connectivity index (χ2n) is 13.5. The predicted molar refractivity (Wildman–Crippen MR) is 175 cm³/mol. The van der Waals surface area contributed by atoms with Crippen molar-refractivity contribution in [1.82, 2.24) is 35.2 Å². The number of benzene rings is 3. The van der Waals surface area contributed by atoms with E-state index in [4.69, 9.17) is 14.6 Å². The fourth-order valence-electron chi connectivity index (χ4n) is 7.62. The molecule has 3 aliphatic rings. The number of fused-ring (bicyclic) bond motifs is 4. The second kappa shape index (κ2) is 11.5. The molecule has 3 aliphatic heterocycles. The van der Waals surface area contributed by atoms with Crippen molar-refractivity contribution < 1.29 is 9.57 Å². The maximum absolute atomic E-state index is 14.2. The van der Waals surface area contributed by atoms with E-state index < -0.39 is 0 Å². The van der Waals surface area contributed by atoms with Crippen LogP contribution in [-0.2, 0) is 22.5 Å². The highest BCUT2D eigenvalue weighted by Crippen LogP contribution is 2.51. The molecule has 0 amide bonds. The topological polar surface area (TPSA) is 111 Å². The second-order valence-corrected chi connectivity index (χ2v) is 13.5. The Labute approximate surface area is 267 Å². The summed E-state index contributed by atoms with van der Waals surface area (Å²) in [7, 11) is 0. The fraction of sp³-hybridized carbons (Fsp3) is 0.417. The molecule has 5 heterocycles. The smallest absolute Gasteiger partial charge is 0.261 e. The maximum Gasteiger partial charge on any atom is 0.261 e. The highest BCUT2D eigenvalue weighted by molar-refractivity contribution is 5.80. The Balaban J connectivity index is 1.11. The van der Waals surface area contributed by atoms with Gasteiger partial charge in [-0.25, -0.2) is 4.98 Å². The fourth-order valence-corrected chi connectivity index (χ4v) is 7.62. The molecule has 0 radical (unpaired) electrons. The summed E-state index contributed by atoms with van der Waals surface area (Å²) >= 11 is 0.